The third kappa shape index (κ3) is 5.51. The van der Waals surface area contributed by atoms with Crippen LogP contribution in [0.4, 0.5) is 0 Å². The number of hydrogen-bond acceptors (Lipinski definition) is 2. The standard InChI is InChI=1S/C15H25BrN2/c1-12-4-5-14(16)10-13(12)6-9-18-11-15(2,3)7-8-17/h4-5,10,18H,6-9,11,17H2,1-3H3. The van der Waals surface area contributed by atoms with E-state index < -0.39 is 0 Å². The lowest BCUT2D eigenvalue weighted by Gasteiger charge is -2.24. The molecular formula is C15H25BrN2. The molecule has 0 radical (unpaired) electrons. The van der Waals surface area contributed by atoms with E-state index in [-0.39, 0.29) is 0 Å². The molecule has 1 rings (SSSR count). The van der Waals surface area contributed by atoms with Crippen molar-refractivity contribution >= 4 is 15.9 Å². The van der Waals surface area contributed by atoms with Gasteiger partial charge in [-0.25, -0.2) is 0 Å². The van der Waals surface area contributed by atoms with Crippen LogP contribution in [-0.4, -0.2) is 19.6 Å². The fourth-order valence-corrected chi connectivity index (χ4v) is 2.45. The highest BCUT2D eigenvalue weighted by atomic mass is 79.9. The predicted molar refractivity (Wildman–Crippen MR) is 82.9 cm³/mol. The van der Waals surface area contributed by atoms with Gasteiger partial charge in [0, 0.05) is 11.0 Å². The van der Waals surface area contributed by atoms with E-state index in [0.717, 1.165) is 36.9 Å². The fraction of sp³-hybridized carbons (Fsp3) is 0.600. The van der Waals surface area contributed by atoms with Gasteiger partial charge in [-0.15, -0.1) is 0 Å². The number of halogens is 1. The normalized spacial score (nSPS) is 11.8. The molecule has 0 atom stereocenters. The first-order chi connectivity index (χ1) is 8.44. The molecular weight excluding hydrogens is 288 g/mol. The van der Waals surface area contributed by atoms with E-state index >= 15 is 0 Å². The molecule has 1 aromatic rings. The van der Waals surface area contributed by atoms with Crippen LogP contribution in [0, 0.1) is 12.3 Å². The van der Waals surface area contributed by atoms with Crippen molar-refractivity contribution in [2.45, 2.75) is 33.6 Å². The first-order valence-corrected chi connectivity index (χ1v) is 7.40. The number of hydrogen-bond donors (Lipinski definition) is 2. The Morgan fingerprint density at radius 2 is 2.06 bits per heavy atom. The predicted octanol–water partition coefficient (Wildman–Crippen LogP) is 3.26. The third-order valence-corrected chi connectivity index (χ3v) is 3.80. The Labute approximate surface area is 119 Å². The van der Waals surface area contributed by atoms with E-state index in [0.29, 0.717) is 5.41 Å². The summed E-state index contributed by atoms with van der Waals surface area (Å²) in [5, 5.41) is 3.53. The van der Waals surface area contributed by atoms with Gasteiger partial charge in [-0.2, -0.15) is 0 Å². The van der Waals surface area contributed by atoms with Gasteiger partial charge in [-0.3, -0.25) is 0 Å². The summed E-state index contributed by atoms with van der Waals surface area (Å²) < 4.78 is 1.16. The molecule has 0 aliphatic rings. The van der Waals surface area contributed by atoms with Crippen molar-refractivity contribution in [1.82, 2.24) is 5.32 Å². The van der Waals surface area contributed by atoms with Crippen LogP contribution in [-0.2, 0) is 6.42 Å². The fourth-order valence-electron chi connectivity index (χ4n) is 2.04. The molecule has 0 saturated carbocycles. The van der Waals surface area contributed by atoms with Crippen molar-refractivity contribution < 1.29 is 0 Å². The number of benzene rings is 1. The first kappa shape index (κ1) is 15.7. The highest BCUT2D eigenvalue weighted by Crippen LogP contribution is 2.18. The zero-order valence-corrected chi connectivity index (χ0v) is 13.3. The Kier molecular flexibility index (Phi) is 6.33. The summed E-state index contributed by atoms with van der Waals surface area (Å²) in [6.07, 6.45) is 2.14. The van der Waals surface area contributed by atoms with Gasteiger partial charge in [0.25, 0.3) is 0 Å². The Bertz CT molecular complexity index is 375. The van der Waals surface area contributed by atoms with Gasteiger partial charge < -0.3 is 11.1 Å². The Morgan fingerprint density at radius 1 is 1.33 bits per heavy atom. The van der Waals surface area contributed by atoms with Crippen molar-refractivity contribution in [3.8, 4) is 0 Å². The van der Waals surface area contributed by atoms with E-state index in [1.807, 2.05) is 0 Å². The molecule has 3 N–H and O–H groups in total. The van der Waals surface area contributed by atoms with Crippen LogP contribution >= 0.6 is 15.9 Å². The third-order valence-electron chi connectivity index (χ3n) is 3.31. The topological polar surface area (TPSA) is 38.0 Å². The summed E-state index contributed by atoms with van der Waals surface area (Å²) in [5.74, 6) is 0. The average molecular weight is 313 g/mol. The van der Waals surface area contributed by atoms with Crippen molar-refractivity contribution in [3.63, 3.8) is 0 Å². The summed E-state index contributed by atoms with van der Waals surface area (Å²) in [5.41, 5.74) is 8.68. The van der Waals surface area contributed by atoms with Crippen molar-refractivity contribution in [2.75, 3.05) is 19.6 Å². The summed E-state index contributed by atoms with van der Waals surface area (Å²) in [7, 11) is 0. The molecule has 1 aromatic carbocycles. The van der Waals surface area contributed by atoms with Crippen LogP contribution in [0.5, 0.6) is 0 Å². The van der Waals surface area contributed by atoms with Gasteiger partial charge in [0.1, 0.15) is 0 Å². The van der Waals surface area contributed by atoms with Gasteiger partial charge in [0.2, 0.25) is 0 Å². The number of rotatable bonds is 7. The summed E-state index contributed by atoms with van der Waals surface area (Å²) in [4.78, 5) is 0. The second kappa shape index (κ2) is 7.27. The maximum atomic E-state index is 5.61. The lowest BCUT2D eigenvalue weighted by Crippen LogP contribution is -2.32. The molecule has 0 bridgehead atoms. The van der Waals surface area contributed by atoms with E-state index in [2.05, 4.69) is 60.2 Å². The molecule has 0 heterocycles. The van der Waals surface area contributed by atoms with E-state index in [1.54, 1.807) is 0 Å². The number of nitrogens with one attached hydrogen (secondary N) is 1. The summed E-state index contributed by atoms with van der Waals surface area (Å²) in [6.45, 7) is 9.50. The molecule has 102 valence electrons. The summed E-state index contributed by atoms with van der Waals surface area (Å²) >= 11 is 3.52. The molecule has 0 amide bonds. The Balaban J connectivity index is 2.36. The molecule has 0 spiro atoms. The molecule has 3 heteroatoms. The van der Waals surface area contributed by atoms with Gasteiger partial charge >= 0.3 is 0 Å². The van der Waals surface area contributed by atoms with Crippen LogP contribution in [0.3, 0.4) is 0 Å². The van der Waals surface area contributed by atoms with Gasteiger partial charge in [0.15, 0.2) is 0 Å². The van der Waals surface area contributed by atoms with Crippen LogP contribution in [0.1, 0.15) is 31.4 Å². The first-order valence-electron chi connectivity index (χ1n) is 6.60. The van der Waals surface area contributed by atoms with Crippen LogP contribution in [0.25, 0.3) is 0 Å². The minimum Gasteiger partial charge on any atom is -0.330 e. The zero-order chi connectivity index (χ0) is 13.6. The Morgan fingerprint density at radius 3 is 2.72 bits per heavy atom. The van der Waals surface area contributed by atoms with Crippen LogP contribution in [0.15, 0.2) is 22.7 Å². The molecule has 18 heavy (non-hydrogen) atoms. The van der Waals surface area contributed by atoms with Gasteiger partial charge in [-0.05, 0) is 61.5 Å². The minimum atomic E-state index is 0.293. The largest absolute Gasteiger partial charge is 0.330 e. The Hall–Kier alpha value is -0.380. The lowest BCUT2D eigenvalue weighted by atomic mass is 9.89. The maximum absolute atomic E-state index is 5.61. The number of aryl methyl sites for hydroxylation is 1. The smallest absolute Gasteiger partial charge is 0.0178 e. The van der Waals surface area contributed by atoms with E-state index in [4.69, 9.17) is 5.73 Å². The SMILES string of the molecule is Cc1ccc(Br)cc1CCNCC(C)(C)CCN. The average Bonchev–Trinajstić information content (AvgIpc) is 2.29. The molecule has 0 aromatic heterocycles. The second-order valence-corrected chi connectivity index (χ2v) is 6.62. The molecule has 0 fully saturated rings. The molecule has 0 aliphatic carbocycles. The van der Waals surface area contributed by atoms with E-state index in [9.17, 15) is 0 Å². The van der Waals surface area contributed by atoms with Gasteiger partial charge in [-0.1, -0.05) is 35.8 Å². The van der Waals surface area contributed by atoms with Crippen molar-refractivity contribution in [1.29, 1.82) is 0 Å². The summed E-state index contributed by atoms with van der Waals surface area (Å²) in [6, 6.07) is 6.47. The number of nitrogens with two attached hydrogens (primary N) is 1. The highest BCUT2D eigenvalue weighted by Gasteiger charge is 2.15. The van der Waals surface area contributed by atoms with Crippen molar-refractivity contribution in [3.05, 3.63) is 33.8 Å². The highest BCUT2D eigenvalue weighted by molar-refractivity contribution is 9.10. The molecule has 0 unspecified atom stereocenters. The lowest BCUT2D eigenvalue weighted by molar-refractivity contribution is 0.321. The molecule has 0 saturated heterocycles. The monoisotopic (exact) mass is 312 g/mol. The van der Waals surface area contributed by atoms with E-state index in [1.165, 1.54) is 11.1 Å². The molecule has 2 nitrogen and oxygen atoms in total. The van der Waals surface area contributed by atoms with Crippen molar-refractivity contribution in [2.24, 2.45) is 11.1 Å². The van der Waals surface area contributed by atoms with Gasteiger partial charge in [0.05, 0.1) is 0 Å². The maximum Gasteiger partial charge on any atom is 0.0178 e. The quantitative estimate of drug-likeness (QED) is 0.758. The second-order valence-electron chi connectivity index (χ2n) is 5.70. The minimum absolute atomic E-state index is 0.293. The zero-order valence-electron chi connectivity index (χ0n) is 11.7. The van der Waals surface area contributed by atoms with Crippen LogP contribution in [0.2, 0.25) is 0 Å². The van der Waals surface area contributed by atoms with Crippen LogP contribution < -0.4 is 11.1 Å². The molecule has 0 aliphatic heterocycles.